The van der Waals surface area contributed by atoms with Crippen molar-refractivity contribution < 1.29 is 0 Å². The molecule has 0 radical (unpaired) electrons. The number of piperidine rings is 1. The molecule has 6 nitrogen and oxygen atoms in total. The Morgan fingerprint density at radius 1 is 1.24 bits per heavy atom. The van der Waals surface area contributed by atoms with Crippen LogP contribution in [0.4, 0.5) is 0 Å². The predicted molar refractivity (Wildman–Crippen MR) is 98.2 cm³/mol. The van der Waals surface area contributed by atoms with Crippen LogP contribution in [0.2, 0.25) is 0 Å². The summed E-state index contributed by atoms with van der Waals surface area (Å²) in [6.45, 7) is 6.03. The van der Waals surface area contributed by atoms with Crippen molar-refractivity contribution in [2.45, 2.75) is 45.7 Å². The van der Waals surface area contributed by atoms with Crippen molar-refractivity contribution in [1.82, 2.24) is 29.8 Å². The van der Waals surface area contributed by atoms with Crippen LogP contribution in [-0.4, -0.2) is 36.4 Å². The van der Waals surface area contributed by atoms with Gasteiger partial charge in [0.05, 0.1) is 11.6 Å². The molecule has 1 aliphatic heterocycles. The lowest BCUT2D eigenvalue weighted by Crippen LogP contribution is -2.34. The second-order valence-corrected chi connectivity index (χ2v) is 7.59. The average Bonchev–Trinajstić information content (AvgIpc) is 3.26. The Bertz CT molecular complexity index is 841. The third kappa shape index (κ3) is 3.62. The smallest absolute Gasteiger partial charge is 0.156 e. The van der Waals surface area contributed by atoms with Gasteiger partial charge in [-0.2, -0.15) is 0 Å². The summed E-state index contributed by atoms with van der Waals surface area (Å²) >= 11 is 1.71. The first-order valence-electron chi connectivity index (χ1n) is 8.68. The molecule has 0 amide bonds. The highest BCUT2D eigenvalue weighted by molar-refractivity contribution is 7.09. The van der Waals surface area contributed by atoms with Crippen molar-refractivity contribution in [3.8, 4) is 11.5 Å². The Balaban J connectivity index is 1.65. The number of aryl methyl sites for hydroxylation is 2. The van der Waals surface area contributed by atoms with Crippen molar-refractivity contribution in [1.29, 1.82) is 0 Å². The summed E-state index contributed by atoms with van der Waals surface area (Å²) in [6.07, 6.45) is 7.34. The summed E-state index contributed by atoms with van der Waals surface area (Å²) in [5.74, 6) is 1.72. The number of aromatic nitrogens is 5. The number of H-pyrrole nitrogens is 1. The summed E-state index contributed by atoms with van der Waals surface area (Å²) < 4.78 is 0. The van der Waals surface area contributed by atoms with Gasteiger partial charge in [0.15, 0.2) is 5.82 Å². The number of imidazole rings is 1. The predicted octanol–water partition coefficient (Wildman–Crippen LogP) is 3.67. The number of rotatable bonds is 4. The van der Waals surface area contributed by atoms with E-state index in [1.54, 1.807) is 11.3 Å². The zero-order valence-electron chi connectivity index (χ0n) is 14.6. The van der Waals surface area contributed by atoms with Crippen molar-refractivity contribution >= 4 is 11.3 Å². The van der Waals surface area contributed by atoms with E-state index in [1.807, 2.05) is 37.8 Å². The van der Waals surface area contributed by atoms with E-state index in [2.05, 4.69) is 19.9 Å². The highest BCUT2D eigenvalue weighted by Gasteiger charge is 2.27. The van der Waals surface area contributed by atoms with E-state index in [1.165, 1.54) is 17.7 Å². The molecule has 130 valence electrons. The van der Waals surface area contributed by atoms with Gasteiger partial charge in [-0.25, -0.2) is 15.0 Å². The topological polar surface area (TPSA) is 70.6 Å². The lowest BCUT2D eigenvalue weighted by atomic mass is 10.0. The van der Waals surface area contributed by atoms with Gasteiger partial charge in [-0.05, 0) is 39.3 Å². The molecular weight excluding hydrogens is 332 g/mol. The highest BCUT2D eigenvalue weighted by atomic mass is 32.1. The minimum absolute atomic E-state index is 0.255. The van der Waals surface area contributed by atoms with Gasteiger partial charge in [0, 0.05) is 35.2 Å². The van der Waals surface area contributed by atoms with E-state index in [-0.39, 0.29) is 6.04 Å². The van der Waals surface area contributed by atoms with Gasteiger partial charge in [0.25, 0.3) is 0 Å². The van der Waals surface area contributed by atoms with Crippen LogP contribution in [0.5, 0.6) is 0 Å². The number of likely N-dealkylation sites (tertiary alicyclic amines) is 1. The molecule has 0 saturated carbocycles. The molecule has 3 aromatic heterocycles. The quantitative estimate of drug-likeness (QED) is 0.774. The summed E-state index contributed by atoms with van der Waals surface area (Å²) in [4.78, 5) is 25.3. The van der Waals surface area contributed by atoms with E-state index in [0.717, 1.165) is 48.2 Å². The third-order valence-corrected chi connectivity index (χ3v) is 5.34. The molecule has 0 unspecified atom stereocenters. The zero-order valence-corrected chi connectivity index (χ0v) is 15.4. The Labute approximate surface area is 151 Å². The molecule has 7 heteroatoms. The van der Waals surface area contributed by atoms with Crippen molar-refractivity contribution in [3.63, 3.8) is 0 Å². The first-order valence-corrected chi connectivity index (χ1v) is 9.56. The van der Waals surface area contributed by atoms with Gasteiger partial charge >= 0.3 is 0 Å². The Kier molecular flexibility index (Phi) is 4.59. The van der Waals surface area contributed by atoms with Crippen molar-refractivity contribution in [2.75, 3.05) is 6.54 Å². The number of thiazole rings is 1. The summed E-state index contributed by atoms with van der Waals surface area (Å²) in [5, 5.41) is 0. The number of aromatic amines is 1. The van der Waals surface area contributed by atoms with E-state index in [0.29, 0.717) is 0 Å². The van der Waals surface area contributed by atoms with Crippen LogP contribution in [0, 0.1) is 13.8 Å². The molecule has 4 rings (SSSR count). The second-order valence-electron chi connectivity index (χ2n) is 6.62. The van der Waals surface area contributed by atoms with Gasteiger partial charge in [-0.15, -0.1) is 11.3 Å². The van der Waals surface area contributed by atoms with Crippen LogP contribution < -0.4 is 0 Å². The lowest BCUT2D eigenvalue weighted by Gasteiger charge is -2.34. The third-order valence-electron chi connectivity index (χ3n) is 4.57. The Hall–Kier alpha value is -2.12. The molecule has 1 atom stereocenters. The van der Waals surface area contributed by atoms with Gasteiger partial charge in [0.1, 0.15) is 11.5 Å². The number of nitrogens with zero attached hydrogens (tertiary/aromatic N) is 5. The summed E-state index contributed by atoms with van der Waals surface area (Å²) in [7, 11) is 0. The van der Waals surface area contributed by atoms with Crippen LogP contribution in [0.1, 0.15) is 47.4 Å². The summed E-state index contributed by atoms with van der Waals surface area (Å²) in [5.41, 5.74) is 4.79. The van der Waals surface area contributed by atoms with Gasteiger partial charge in [-0.1, -0.05) is 6.42 Å². The first kappa shape index (κ1) is 16.4. The van der Waals surface area contributed by atoms with Crippen LogP contribution in [0.25, 0.3) is 11.5 Å². The second kappa shape index (κ2) is 7.01. The molecule has 25 heavy (non-hydrogen) atoms. The Morgan fingerprint density at radius 2 is 2.16 bits per heavy atom. The first-order chi connectivity index (χ1) is 12.2. The molecule has 0 aromatic carbocycles. The standard InChI is InChI=1S/C18H22N6S/c1-12-7-15(17-20-8-13(2)22-17)23-18(21-12)16-5-3-4-6-24(16)10-14-9-19-11-25-14/h7-9,11,16H,3-6,10H2,1-2H3,(H,20,22)/t16-/m0/s1. The molecule has 1 saturated heterocycles. The molecule has 3 aromatic rings. The van der Waals surface area contributed by atoms with Gasteiger partial charge in [-0.3, -0.25) is 9.88 Å². The van der Waals surface area contributed by atoms with E-state index in [4.69, 9.17) is 9.97 Å². The molecule has 0 bridgehead atoms. The zero-order chi connectivity index (χ0) is 17.2. The van der Waals surface area contributed by atoms with Gasteiger partial charge < -0.3 is 4.98 Å². The maximum atomic E-state index is 4.86. The maximum Gasteiger partial charge on any atom is 0.156 e. The molecule has 0 aliphatic carbocycles. The lowest BCUT2D eigenvalue weighted by molar-refractivity contribution is 0.135. The fourth-order valence-corrected chi connectivity index (χ4v) is 4.02. The van der Waals surface area contributed by atoms with Gasteiger partial charge in [0.2, 0.25) is 0 Å². The van der Waals surface area contributed by atoms with Crippen LogP contribution in [-0.2, 0) is 6.54 Å². The van der Waals surface area contributed by atoms with E-state index < -0.39 is 0 Å². The fourth-order valence-electron chi connectivity index (χ4n) is 3.40. The molecular formula is C18H22N6S. The number of nitrogens with one attached hydrogen (secondary N) is 1. The van der Waals surface area contributed by atoms with Crippen LogP contribution >= 0.6 is 11.3 Å². The normalized spacial score (nSPS) is 18.6. The van der Waals surface area contributed by atoms with Crippen molar-refractivity contribution in [3.05, 3.63) is 46.1 Å². The largest absolute Gasteiger partial charge is 0.341 e. The Morgan fingerprint density at radius 3 is 2.92 bits per heavy atom. The fraction of sp³-hybridized carbons (Fsp3) is 0.444. The summed E-state index contributed by atoms with van der Waals surface area (Å²) in [6, 6.07) is 2.25. The average molecular weight is 354 g/mol. The SMILES string of the molecule is Cc1cc(-c2ncc(C)[nH]2)nc([C@@H]2CCCCN2Cc2cncs2)n1. The molecule has 4 heterocycles. The van der Waals surface area contributed by atoms with E-state index >= 15 is 0 Å². The van der Waals surface area contributed by atoms with Crippen molar-refractivity contribution in [2.24, 2.45) is 0 Å². The maximum absolute atomic E-state index is 4.86. The minimum Gasteiger partial charge on any atom is -0.341 e. The molecule has 0 spiro atoms. The number of hydrogen-bond donors (Lipinski definition) is 1. The van der Waals surface area contributed by atoms with Crippen LogP contribution in [0.3, 0.4) is 0 Å². The molecule has 1 N–H and O–H groups in total. The monoisotopic (exact) mass is 354 g/mol. The highest BCUT2D eigenvalue weighted by Crippen LogP contribution is 2.31. The molecule has 1 fully saturated rings. The van der Waals surface area contributed by atoms with Crippen LogP contribution in [0.15, 0.2) is 24.0 Å². The minimum atomic E-state index is 0.255. The number of hydrogen-bond acceptors (Lipinski definition) is 6. The molecule has 1 aliphatic rings. The van der Waals surface area contributed by atoms with E-state index in [9.17, 15) is 0 Å².